The fourth-order valence-corrected chi connectivity index (χ4v) is 6.26. The minimum atomic E-state index is -0.945. The van der Waals surface area contributed by atoms with Gasteiger partial charge < -0.3 is 25.0 Å². The standard InChI is InChI=1S/C36H32BClN6O5/c1-21-42-43-35-31(41-34(22-8-10-27(38)11-9-22)29-18-28(48-2)12-13-32(29)44(21)35)19-33(45)39-14-15-40-36(46)25-5-3-4-23(16-25)24-6-7-26-20-49-37(47)30(26)17-24/h3-13,16-18,31,47H,14-15,19-20H2,1-2H3,(H,39,45)(H,40,46). The summed E-state index contributed by atoms with van der Waals surface area (Å²) in [6.45, 7) is 2.68. The Morgan fingerprint density at radius 3 is 2.57 bits per heavy atom. The molecule has 2 aliphatic heterocycles. The van der Waals surface area contributed by atoms with Gasteiger partial charge in [-0.1, -0.05) is 54.1 Å². The summed E-state index contributed by atoms with van der Waals surface area (Å²) in [4.78, 5) is 31.4. The summed E-state index contributed by atoms with van der Waals surface area (Å²) in [6.07, 6.45) is 0.0108. The number of benzene rings is 4. The van der Waals surface area contributed by atoms with E-state index in [1.165, 1.54) is 0 Å². The molecular weight excluding hydrogens is 643 g/mol. The van der Waals surface area contributed by atoms with Gasteiger partial charge in [0.15, 0.2) is 5.82 Å². The molecule has 0 aliphatic carbocycles. The first-order chi connectivity index (χ1) is 23.8. The zero-order valence-electron chi connectivity index (χ0n) is 26.8. The van der Waals surface area contributed by atoms with Gasteiger partial charge in [-0.05, 0) is 71.5 Å². The Kier molecular flexibility index (Phi) is 9.00. The zero-order chi connectivity index (χ0) is 34.1. The number of halogens is 1. The van der Waals surface area contributed by atoms with Crippen molar-refractivity contribution in [3.8, 4) is 22.6 Å². The first-order valence-corrected chi connectivity index (χ1v) is 16.2. The maximum atomic E-state index is 13.3. The van der Waals surface area contributed by atoms with Crippen LogP contribution in [0.5, 0.6) is 5.75 Å². The lowest BCUT2D eigenvalue weighted by Crippen LogP contribution is -2.35. The van der Waals surface area contributed by atoms with Crippen molar-refractivity contribution >= 4 is 41.7 Å². The van der Waals surface area contributed by atoms with Crippen LogP contribution in [0.25, 0.3) is 16.8 Å². The number of nitrogens with zero attached hydrogens (tertiary/aromatic N) is 4. The minimum Gasteiger partial charge on any atom is -0.497 e. The summed E-state index contributed by atoms with van der Waals surface area (Å²) < 4.78 is 12.8. The second kappa shape index (κ2) is 13.7. The average Bonchev–Trinajstić information content (AvgIpc) is 3.66. The number of amides is 2. The second-order valence-corrected chi connectivity index (χ2v) is 12.2. The van der Waals surface area contributed by atoms with Crippen LogP contribution in [0.2, 0.25) is 5.02 Å². The third-order valence-electron chi connectivity index (χ3n) is 8.63. The Balaban J connectivity index is 1.04. The molecule has 0 fully saturated rings. The van der Waals surface area contributed by atoms with Crippen LogP contribution in [0.1, 0.15) is 51.2 Å². The number of carbonyl (C=O) groups excluding carboxylic acids is 2. The van der Waals surface area contributed by atoms with E-state index in [0.717, 1.165) is 39.0 Å². The molecule has 1 unspecified atom stereocenters. The van der Waals surface area contributed by atoms with Crippen LogP contribution in [0.3, 0.4) is 0 Å². The molecule has 0 saturated heterocycles. The summed E-state index contributed by atoms with van der Waals surface area (Å²) in [7, 11) is 0.664. The van der Waals surface area contributed by atoms with Crippen LogP contribution >= 0.6 is 11.6 Å². The van der Waals surface area contributed by atoms with Crippen molar-refractivity contribution in [3.05, 3.63) is 124 Å². The fourth-order valence-electron chi connectivity index (χ4n) is 6.14. The largest absolute Gasteiger partial charge is 0.497 e. The Bertz CT molecular complexity index is 2100. The van der Waals surface area contributed by atoms with Gasteiger partial charge in [0.2, 0.25) is 5.91 Å². The highest BCUT2D eigenvalue weighted by molar-refractivity contribution is 6.61. The van der Waals surface area contributed by atoms with E-state index < -0.39 is 13.2 Å². The van der Waals surface area contributed by atoms with E-state index in [4.69, 9.17) is 26.0 Å². The quantitative estimate of drug-likeness (QED) is 0.159. The summed E-state index contributed by atoms with van der Waals surface area (Å²) in [5, 5.41) is 25.2. The number of hydrogen-bond donors (Lipinski definition) is 3. The highest BCUT2D eigenvalue weighted by Gasteiger charge is 2.30. The number of nitrogens with one attached hydrogen (secondary N) is 2. The van der Waals surface area contributed by atoms with E-state index in [-0.39, 0.29) is 31.3 Å². The molecular formula is C36H32BClN6O5. The molecule has 11 nitrogen and oxygen atoms in total. The molecule has 0 radical (unpaired) electrons. The summed E-state index contributed by atoms with van der Waals surface area (Å²) in [5.74, 6) is 1.35. The van der Waals surface area contributed by atoms with Crippen molar-refractivity contribution in [2.45, 2.75) is 26.0 Å². The minimum absolute atomic E-state index is 0.0108. The molecule has 3 heterocycles. The normalized spacial score (nSPS) is 14.7. The molecule has 49 heavy (non-hydrogen) atoms. The maximum Gasteiger partial charge on any atom is 0.491 e. The Morgan fingerprint density at radius 2 is 1.76 bits per heavy atom. The Labute approximate surface area is 288 Å². The van der Waals surface area contributed by atoms with Gasteiger partial charge in [-0.15, -0.1) is 10.2 Å². The van der Waals surface area contributed by atoms with Crippen molar-refractivity contribution in [2.24, 2.45) is 4.99 Å². The predicted octanol–water partition coefficient (Wildman–Crippen LogP) is 3.95. The number of rotatable bonds is 9. The van der Waals surface area contributed by atoms with Crippen molar-refractivity contribution in [2.75, 3.05) is 20.2 Å². The Hall–Kier alpha value is -5.30. The van der Waals surface area contributed by atoms with Gasteiger partial charge in [0.25, 0.3) is 5.91 Å². The van der Waals surface area contributed by atoms with E-state index in [1.54, 1.807) is 31.4 Å². The molecule has 1 aromatic heterocycles. The van der Waals surface area contributed by atoms with Crippen LogP contribution in [-0.4, -0.2) is 64.6 Å². The topological polar surface area (TPSA) is 140 Å². The molecule has 5 aromatic rings. The summed E-state index contributed by atoms with van der Waals surface area (Å²) in [6, 6.07) is 25.5. The van der Waals surface area contributed by atoms with Gasteiger partial charge in [0, 0.05) is 34.8 Å². The SMILES string of the molecule is COc1ccc2c(c1)C(c1ccc(Cl)cc1)=NC(CC(=O)NCCNC(=O)c1cccc(-c3ccc4c(c3)B(O)OC4)c1)c1nnc(C)n1-2. The molecule has 1 atom stereocenters. The summed E-state index contributed by atoms with van der Waals surface area (Å²) in [5.41, 5.74) is 7.01. The number of methoxy groups -OCH3 is 1. The van der Waals surface area contributed by atoms with Gasteiger partial charge in [-0.2, -0.15) is 0 Å². The number of hydrogen-bond acceptors (Lipinski definition) is 8. The van der Waals surface area contributed by atoms with E-state index >= 15 is 0 Å². The highest BCUT2D eigenvalue weighted by Crippen LogP contribution is 2.34. The van der Waals surface area contributed by atoms with Crippen molar-refractivity contribution in [1.82, 2.24) is 25.4 Å². The van der Waals surface area contributed by atoms with E-state index in [9.17, 15) is 14.6 Å². The molecule has 3 N–H and O–H groups in total. The van der Waals surface area contributed by atoms with E-state index in [2.05, 4.69) is 20.8 Å². The van der Waals surface area contributed by atoms with Gasteiger partial charge in [0.1, 0.15) is 17.6 Å². The summed E-state index contributed by atoms with van der Waals surface area (Å²) >= 11 is 6.20. The molecule has 2 aliphatic rings. The highest BCUT2D eigenvalue weighted by atomic mass is 35.5. The number of fused-ring (bicyclic) bond motifs is 4. The van der Waals surface area contributed by atoms with Gasteiger partial charge in [-0.25, -0.2) is 0 Å². The lowest BCUT2D eigenvalue weighted by atomic mass is 9.78. The van der Waals surface area contributed by atoms with Gasteiger partial charge >= 0.3 is 7.12 Å². The number of carbonyl (C=O) groups is 2. The van der Waals surface area contributed by atoms with Crippen LogP contribution in [0, 0.1) is 6.92 Å². The number of aliphatic imine (C=N–C) groups is 1. The molecule has 0 spiro atoms. The molecule has 13 heteroatoms. The van der Waals surface area contributed by atoms with Crippen molar-refractivity contribution in [1.29, 1.82) is 0 Å². The molecule has 4 aromatic carbocycles. The monoisotopic (exact) mass is 674 g/mol. The number of aromatic nitrogens is 3. The van der Waals surface area contributed by atoms with Crippen LogP contribution in [0.4, 0.5) is 0 Å². The number of ether oxygens (including phenoxy) is 1. The molecule has 246 valence electrons. The Morgan fingerprint density at radius 1 is 0.980 bits per heavy atom. The number of aryl methyl sites for hydroxylation is 1. The van der Waals surface area contributed by atoms with Crippen LogP contribution in [0.15, 0.2) is 89.9 Å². The molecule has 2 amide bonds. The first-order valence-electron chi connectivity index (χ1n) is 15.8. The van der Waals surface area contributed by atoms with Crippen molar-refractivity contribution < 1.29 is 24.0 Å². The zero-order valence-corrected chi connectivity index (χ0v) is 27.6. The van der Waals surface area contributed by atoms with E-state index in [0.29, 0.717) is 40.3 Å². The fraction of sp³-hybridized carbons (Fsp3) is 0.194. The smallest absolute Gasteiger partial charge is 0.491 e. The molecule has 7 rings (SSSR count). The van der Waals surface area contributed by atoms with E-state index in [1.807, 2.05) is 72.2 Å². The second-order valence-electron chi connectivity index (χ2n) is 11.8. The maximum absolute atomic E-state index is 13.3. The van der Waals surface area contributed by atoms with Crippen LogP contribution in [-0.2, 0) is 16.1 Å². The van der Waals surface area contributed by atoms with Crippen molar-refractivity contribution in [3.63, 3.8) is 0 Å². The van der Waals surface area contributed by atoms with Gasteiger partial charge in [-0.3, -0.25) is 19.1 Å². The first kappa shape index (κ1) is 32.3. The lowest BCUT2D eigenvalue weighted by molar-refractivity contribution is -0.121. The van der Waals surface area contributed by atoms with Gasteiger partial charge in [0.05, 0.1) is 31.5 Å². The van der Waals surface area contributed by atoms with Crippen LogP contribution < -0.4 is 20.8 Å². The molecule has 0 bridgehead atoms. The average molecular weight is 675 g/mol. The molecule has 0 saturated carbocycles. The third kappa shape index (κ3) is 6.58. The third-order valence-corrected chi connectivity index (χ3v) is 8.88. The predicted molar refractivity (Wildman–Crippen MR) is 187 cm³/mol. The lowest BCUT2D eigenvalue weighted by Gasteiger charge is -2.14.